The Morgan fingerprint density at radius 1 is 1.08 bits per heavy atom. The molecule has 0 unspecified atom stereocenters. The number of hydrogen-bond donors (Lipinski definition) is 0. The molecule has 0 bridgehead atoms. The molecule has 8 heteroatoms. The van der Waals surface area contributed by atoms with Crippen LogP contribution in [0.2, 0.25) is 0 Å². The highest BCUT2D eigenvalue weighted by molar-refractivity contribution is 14.1. The van der Waals surface area contributed by atoms with Gasteiger partial charge in [0.15, 0.2) is 0 Å². The number of hydrogen-bond acceptors (Lipinski definition) is 3. The maximum Gasteiger partial charge on any atom is 0.143 e. The minimum absolute atomic E-state index is 0.442. The van der Waals surface area contributed by atoms with Gasteiger partial charge in [0.05, 0.1) is 19.3 Å². The van der Waals surface area contributed by atoms with Gasteiger partial charge in [-0.25, -0.2) is 4.68 Å². The highest BCUT2D eigenvalue weighted by Crippen LogP contribution is 2.03. The number of halogens is 2. The topological polar surface area (TPSA) is 79.5 Å². The quantitative estimate of drug-likeness (QED) is 0.140. The van der Waals surface area contributed by atoms with Gasteiger partial charge >= 0.3 is 0 Å². The smallest absolute Gasteiger partial charge is 0.143 e. The van der Waals surface area contributed by atoms with Crippen LogP contribution in [0.25, 0.3) is 10.4 Å². The predicted octanol–water partition coefficient (Wildman–Crippen LogP) is 5.44. The lowest BCUT2D eigenvalue weighted by atomic mass is 10.2. The average molecular weight is 562 g/mol. The summed E-state index contributed by atoms with van der Waals surface area (Å²) in [5.74, 6) is 0. The molecule has 0 amide bonds. The minimum Gasteiger partial charge on any atom is -0.247 e. The zero-order valence-electron chi connectivity index (χ0n) is 13.8. The van der Waals surface area contributed by atoms with Crippen molar-refractivity contribution < 1.29 is 0 Å². The van der Waals surface area contributed by atoms with Gasteiger partial charge in [-0.15, -0.1) is 11.5 Å². The largest absolute Gasteiger partial charge is 0.247 e. The molecule has 6 nitrogen and oxygen atoms in total. The van der Waals surface area contributed by atoms with Crippen LogP contribution in [0.15, 0.2) is 72.0 Å². The van der Waals surface area contributed by atoms with Crippen molar-refractivity contribution in [2.45, 2.75) is 13.1 Å². The minimum atomic E-state index is 0.442. The number of aromatic nitrogens is 3. The SMILES string of the molecule is C#C[123I].[123I]c1cn(Cc2ccccc2)nn1.[N-]=[N+]=NCc1ccccc1. The number of rotatable bonds is 4. The van der Waals surface area contributed by atoms with E-state index in [1.54, 1.807) is 0 Å². The molecule has 0 aliphatic carbocycles. The van der Waals surface area contributed by atoms with Gasteiger partial charge < -0.3 is 0 Å². The van der Waals surface area contributed by atoms with Crippen LogP contribution in [0, 0.1) is 14.1 Å². The van der Waals surface area contributed by atoms with Gasteiger partial charge in [0.25, 0.3) is 0 Å². The normalized spacial score (nSPS) is 8.65. The summed E-state index contributed by atoms with van der Waals surface area (Å²) in [5.41, 5.74) is 10.3. The zero-order valence-corrected chi connectivity index (χ0v) is 18.1. The summed E-state index contributed by atoms with van der Waals surface area (Å²) in [7, 11) is 0. The summed E-state index contributed by atoms with van der Waals surface area (Å²) >= 11 is 3.97. The Bertz CT molecular complexity index is 837. The van der Waals surface area contributed by atoms with E-state index in [1.165, 1.54) is 5.56 Å². The van der Waals surface area contributed by atoms with Crippen LogP contribution in [0.3, 0.4) is 0 Å². The van der Waals surface area contributed by atoms with Gasteiger partial charge in [0.1, 0.15) is 3.70 Å². The summed E-state index contributed by atoms with van der Waals surface area (Å²) < 4.78 is 4.98. The van der Waals surface area contributed by atoms with Gasteiger partial charge in [-0.1, -0.05) is 71.0 Å². The molecule has 132 valence electrons. The van der Waals surface area contributed by atoms with Crippen molar-refractivity contribution >= 4 is 45.2 Å². The molecule has 0 aliphatic heterocycles. The van der Waals surface area contributed by atoms with Crippen molar-refractivity contribution in [1.82, 2.24) is 15.0 Å². The Morgan fingerprint density at radius 3 is 2.08 bits per heavy atom. The molecule has 0 N–H and O–H groups in total. The van der Waals surface area contributed by atoms with E-state index in [2.05, 4.69) is 65.4 Å². The molecule has 0 radical (unpaired) electrons. The Morgan fingerprint density at radius 2 is 1.62 bits per heavy atom. The molecular weight excluding hydrogens is 546 g/mol. The Balaban J connectivity index is 0.000000233. The number of azide groups is 1. The highest BCUT2D eigenvalue weighted by atomic mass is 123. The molecule has 2 aromatic carbocycles. The number of benzene rings is 2. The second-order valence-corrected chi connectivity index (χ2v) is 6.44. The second kappa shape index (κ2) is 14.1. The van der Waals surface area contributed by atoms with Crippen molar-refractivity contribution in [3.63, 3.8) is 0 Å². The van der Waals surface area contributed by atoms with Crippen molar-refractivity contribution in [3.05, 3.63) is 92.1 Å². The van der Waals surface area contributed by atoms with Crippen LogP contribution in [0.5, 0.6) is 0 Å². The van der Waals surface area contributed by atoms with E-state index in [1.807, 2.05) is 82.0 Å². The number of terminal acetylenes is 1. The van der Waals surface area contributed by atoms with Crippen LogP contribution >= 0.6 is 45.2 Å². The Hall–Kier alpha value is -2.09. The maximum atomic E-state index is 7.99. The van der Waals surface area contributed by atoms with Crippen molar-refractivity contribution in [1.29, 1.82) is 0 Å². The molecule has 3 aromatic rings. The van der Waals surface area contributed by atoms with E-state index in [9.17, 15) is 0 Å². The van der Waals surface area contributed by atoms with Crippen LogP contribution in [0.1, 0.15) is 11.1 Å². The van der Waals surface area contributed by atoms with Crippen molar-refractivity contribution in [3.8, 4) is 10.4 Å². The van der Waals surface area contributed by atoms with Crippen molar-refractivity contribution in [2.24, 2.45) is 5.11 Å². The van der Waals surface area contributed by atoms with Gasteiger partial charge in [-0.05, 0) is 43.2 Å². The molecule has 0 saturated carbocycles. The lowest BCUT2D eigenvalue weighted by molar-refractivity contribution is 0.649. The molecule has 3 rings (SSSR count). The predicted molar refractivity (Wildman–Crippen MR) is 120 cm³/mol. The number of nitrogens with zero attached hydrogens (tertiary/aromatic N) is 6. The lowest BCUT2D eigenvalue weighted by Gasteiger charge is -1.98. The lowest BCUT2D eigenvalue weighted by Crippen LogP contribution is -1.99. The summed E-state index contributed by atoms with van der Waals surface area (Å²) in [6, 6.07) is 19.8. The molecule has 0 atom stereocenters. The Labute approximate surface area is 179 Å². The Kier molecular flexibility index (Phi) is 11.9. The summed E-state index contributed by atoms with van der Waals surface area (Å²) in [6.07, 6.45) is 6.51. The first kappa shape index (κ1) is 22.0. The van der Waals surface area contributed by atoms with Gasteiger partial charge in [0.2, 0.25) is 0 Å². The van der Waals surface area contributed by atoms with Crippen LogP contribution in [0.4, 0.5) is 0 Å². The third-order valence-corrected chi connectivity index (χ3v) is 3.35. The van der Waals surface area contributed by atoms with Gasteiger partial charge in [-0.2, -0.15) is 0 Å². The van der Waals surface area contributed by atoms with E-state index in [4.69, 9.17) is 5.53 Å². The molecule has 0 fully saturated rings. The fraction of sp³-hybridized carbons (Fsp3) is 0.111. The first-order valence-electron chi connectivity index (χ1n) is 7.40. The van der Waals surface area contributed by atoms with E-state index < -0.39 is 0 Å². The monoisotopic (exact) mass is 562 g/mol. The molecule has 0 spiro atoms. The second-order valence-electron chi connectivity index (χ2n) is 4.71. The first-order chi connectivity index (χ1) is 12.7. The van der Waals surface area contributed by atoms with E-state index >= 15 is 0 Å². The molecular formula is C18H16I2N6. The molecule has 0 saturated heterocycles. The average Bonchev–Trinajstić information content (AvgIpc) is 3.08. The van der Waals surface area contributed by atoms with Crippen LogP contribution in [-0.4, -0.2) is 15.0 Å². The standard InChI is InChI=1S/C9H8IN3.C7H7N3.C2HI/c10-9-7-13(12-11-9)6-8-4-2-1-3-5-8;8-10-9-6-7-4-2-1-3-5-7;1-2-3/h1-5,7H,6H2;1-5H,6H2;1H/i10-4;;3-4. The summed E-state index contributed by atoms with van der Waals surface area (Å²) in [5, 5.41) is 11.3. The van der Waals surface area contributed by atoms with Crippen molar-refractivity contribution in [2.75, 3.05) is 0 Å². The molecule has 26 heavy (non-hydrogen) atoms. The maximum absolute atomic E-state index is 7.99. The third-order valence-electron chi connectivity index (χ3n) is 2.86. The molecule has 0 aliphatic rings. The van der Waals surface area contributed by atoms with Crippen LogP contribution in [-0.2, 0) is 13.1 Å². The van der Waals surface area contributed by atoms with E-state index in [0.29, 0.717) is 6.54 Å². The highest BCUT2D eigenvalue weighted by Gasteiger charge is 1.96. The zero-order chi connectivity index (χ0) is 19.0. The molecule has 1 aromatic heterocycles. The summed E-state index contributed by atoms with van der Waals surface area (Å²) in [6.45, 7) is 1.23. The first-order valence-corrected chi connectivity index (χ1v) is 9.56. The van der Waals surface area contributed by atoms with E-state index in [0.717, 1.165) is 15.8 Å². The van der Waals surface area contributed by atoms with E-state index in [-0.39, 0.29) is 0 Å². The fourth-order valence-electron chi connectivity index (χ4n) is 1.82. The third kappa shape index (κ3) is 10.0. The molecule has 1 heterocycles. The van der Waals surface area contributed by atoms with Gasteiger partial charge in [0, 0.05) is 27.5 Å². The fourth-order valence-corrected chi connectivity index (χ4v) is 2.24. The van der Waals surface area contributed by atoms with Crippen LogP contribution < -0.4 is 0 Å². The van der Waals surface area contributed by atoms with Gasteiger partial charge in [-0.3, -0.25) is 0 Å². The summed E-state index contributed by atoms with van der Waals surface area (Å²) in [4.78, 5) is 2.66.